The first kappa shape index (κ1) is 17.6. The lowest BCUT2D eigenvalue weighted by Crippen LogP contribution is -3.07. The minimum Gasteiger partial charge on any atom is -0.333 e. The summed E-state index contributed by atoms with van der Waals surface area (Å²) < 4.78 is 28.2. The third kappa shape index (κ3) is 4.07. The third-order valence-electron chi connectivity index (χ3n) is 4.41. The van der Waals surface area contributed by atoms with Crippen molar-refractivity contribution in [3.63, 3.8) is 0 Å². The maximum atomic E-state index is 12.7. The van der Waals surface area contributed by atoms with Crippen LogP contribution in [-0.2, 0) is 10.0 Å². The molecule has 0 aliphatic heterocycles. The van der Waals surface area contributed by atoms with Crippen LogP contribution in [0.25, 0.3) is 10.8 Å². The third-order valence-corrected chi connectivity index (χ3v) is 5.83. The number of sulfonamides is 1. The largest absolute Gasteiger partial charge is 0.333 e. The molecule has 0 heterocycles. The Labute approximate surface area is 149 Å². The maximum absolute atomic E-state index is 12.7. The lowest BCUT2D eigenvalue weighted by Gasteiger charge is -2.22. The Bertz CT molecular complexity index is 954. The van der Waals surface area contributed by atoms with Gasteiger partial charge >= 0.3 is 0 Å². The predicted octanol–water partition coefficient (Wildman–Crippen LogP) is 2.00. The van der Waals surface area contributed by atoms with Gasteiger partial charge in [0.15, 0.2) is 0 Å². The van der Waals surface area contributed by atoms with E-state index in [1.54, 1.807) is 12.1 Å². The minimum absolute atomic E-state index is 0.0523. The summed E-state index contributed by atoms with van der Waals surface area (Å²) in [6.45, 7) is 0.349. The molecule has 5 heteroatoms. The highest BCUT2D eigenvalue weighted by Gasteiger charge is 2.22. The minimum atomic E-state index is -3.55. The fourth-order valence-electron chi connectivity index (χ4n) is 2.95. The van der Waals surface area contributed by atoms with Crippen molar-refractivity contribution in [2.45, 2.75) is 10.9 Å². The molecular weight excluding hydrogens is 332 g/mol. The lowest BCUT2D eigenvalue weighted by molar-refractivity contribution is -0.890. The van der Waals surface area contributed by atoms with Gasteiger partial charge in [0.1, 0.15) is 6.04 Å². The van der Waals surface area contributed by atoms with Gasteiger partial charge in [-0.05, 0) is 22.9 Å². The van der Waals surface area contributed by atoms with Crippen LogP contribution in [-0.4, -0.2) is 29.1 Å². The fraction of sp³-hybridized carbons (Fsp3) is 0.200. The van der Waals surface area contributed by atoms with Gasteiger partial charge in [0.25, 0.3) is 0 Å². The quantitative estimate of drug-likeness (QED) is 0.711. The van der Waals surface area contributed by atoms with Crippen molar-refractivity contribution in [2.75, 3.05) is 20.6 Å². The van der Waals surface area contributed by atoms with Crippen LogP contribution in [0.5, 0.6) is 0 Å². The molecule has 0 aliphatic carbocycles. The molecular formula is C20H23N2O2S+. The van der Waals surface area contributed by atoms with Gasteiger partial charge in [-0.15, -0.1) is 0 Å². The van der Waals surface area contributed by atoms with Gasteiger partial charge in [-0.25, -0.2) is 13.1 Å². The molecule has 0 bridgehead atoms. The van der Waals surface area contributed by atoms with E-state index in [0.29, 0.717) is 11.4 Å². The molecule has 0 aromatic heterocycles. The molecule has 3 aromatic carbocycles. The summed E-state index contributed by atoms with van der Waals surface area (Å²) in [5.41, 5.74) is 1.11. The summed E-state index contributed by atoms with van der Waals surface area (Å²) in [7, 11) is 0.508. The molecule has 1 atom stereocenters. The van der Waals surface area contributed by atoms with Crippen LogP contribution in [0.3, 0.4) is 0 Å². The van der Waals surface area contributed by atoms with Gasteiger partial charge in [-0.1, -0.05) is 60.7 Å². The van der Waals surface area contributed by atoms with Crippen LogP contribution in [0, 0.1) is 0 Å². The standard InChI is InChI=1S/C20H22N2O2S/c1-22(2)20(17-9-4-3-5-10-17)15-21-25(23,24)19-13-12-16-8-6-7-11-18(16)14-19/h3-14,20-21H,15H2,1-2H3/p+1/t20-/m1/s1. The van der Waals surface area contributed by atoms with E-state index in [1.165, 1.54) is 4.90 Å². The molecule has 0 amide bonds. The molecule has 0 spiro atoms. The normalized spacial score (nSPS) is 13.2. The number of nitrogens with one attached hydrogen (secondary N) is 2. The highest BCUT2D eigenvalue weighted by Crippen LogP contribution is 2.19. The maximum Gasteiger partial charge on any atom is 0.240 e. The zero-order valence-corrected chi connectivity index (χ0v) is 15.3. The number of likely N-dealkylation sites (N-methyl/N-ethyl adjacent to an activating group) is 1. The van der Waals surface area contributed by atoms with Crippen molar-refractivity contribution < 1.29 is 13.3 Å². The first-order chi connectivity index (χ1) is 12.0. The van der Waals surface area contributed by atoms with Crippen LogP contribution in [0.4, 0.5) is 0 Å². The molecule has 25 heavy (non-hydrogen) atoms. The molecule has 130 valence electrons. The molecule has 3 aromatic rings. The molecule has 0 fully saturated rings. The van der Waals surface area contributed by atoms with E-state index in [-0.39, 0.29) is 6.04 Å². The van der Waals surface area contributed by atoms with E-state index in [0.717, 1.165) is 16.3 Å². The monoisotopic (exact) mass is 355 g/mol. The summed E-state index contributed by atoms with van der Waals surface area (Å²) in [6, 6.07) is 23.0. The van der Waals surface area contributed by atoms with E-state index in [1.807, 2.05) is 74.8 Å². The summed E-state index contributed by atoms with van der Waals surface area (Å²) in [5, 5.41) is 1.95. The number of quaternary nitrogens is 1. The van der Waals surface area contributed by atoms with Crippen LogP contribution >= 0.6 is 0 Å². The highest BCUT2D eigenvalue weighted by atomic mass is 32.2. The van der Waals surface area contributed by atoms with Crippen molar-refractivity contribution >= 4 is 20.8 Å². The lowest BCUT2D eigenvalue weighted by atomic mass is 10.1. The van der Waals surface area contributed by atoms with Crippen LogP contribution in [0.2, 0.25) is 0 Å². The van der Waals surface area contributed by atoms with E-state index in [2.05, 4.69) is 4.72 Å². The topological polar surface area (TPSA) is 50.6 Å². The number of rotatable bonds is 6. The number of fused-ring (bicyclic) bond motifs is 1. The fourth-order valence-corrected chi connectivity index (χ4v) is 4.03. The van der Waals surface area contributed by atoms with Gasteiger partial charge in [0.2, 0.25) is 10.0 Å². The number of hydrogen-bond donors (Lipinski definition) is 2. The molecule has 0 saturated heterocycles. The average molecular weight is 355 g/mol. The van der Waals surface area contributed by atoms with Gasteiger partial charge in [0.05, 0.1) is 25.5 Å². The summed E-state index contributed by atoms with van der Waals surface area (Å²) in [5.74, 6) is 0. The van der Waals surface area contributed by atoms with E-state index in [9.17, 15) is 8.42 Å². The first-order valence-electron chi connectivity index (χ1n) is 8.31. The predicted molar refractivity (Wildman–Crippen MR) is 101 cm³/mol. The van der Waals surface area contributed by atoms with Crippen LogP contribution < -0.4 is 9.62 Å². The average Bonchev–Trinajstić information content (AvgIpc) is 2.62. The molecule has 0 unspecified atom stereocenters. The molecule has 0 radical (unpaired) electrons. The molecule has 4 nitrogen and oxygen atoms in total. The Morgan fingerprint density at radius 2 is 1.52 bits per heavy atom. The second-order valence-corrected chi connectivity index (χ2v) is 8.17. The second kappa shape index (κ2) is 7.35. The van der Waals surface area contributed by atoms with E-state index < -0.39 is 10.0 Å². The van der Waals surface area contributed by atoms with Crippen molar-refractivity contribution in [1.29, 1.82) is 0 Å². The Balaban J connectivity index is 1.82. The Morgan fingerprint density at radius 1 is 0.880 bits per heavy atom. The summed E-state index contributed by atoms with van der Waals surface area (Å²) in [4.78, 5) is 1.47. The zero-order valence-electron chi connectivity index (χ0n) is 14.4. The van der Waals surface area contributed by atoms with E-state index in [4.69, 9.17) is 0 Å². The van der Waals surface area contributed by atoms with Crippen molar-refractivity contribution in [1.82, 2.24) is 4.72 Å². The summed E-state index contributed by atoms with van der Waals surface area (Å²) >= 11 is 0. The van der Waals surface area contributed by atoms with Gasteiger partial charge in [0, 0.05) is 5.56 Å². The molecule has 0 aliphatic rings. The van der Waals surface area contributed by atoms with E-state index >= 15 is 0 Å². The Morgan fingerprint density at radius 3 is 2.20 bits per heavy atom. The van der Waals surface area contributed by atoms with Gasteiger partial charge in [-0.3, -0.25) is 0 Å². The molecule has 3 rings (SSSR count). The van der Waals surface area contributed by atoms with Crippen LogP contribution in [0.15, 0.2) is 77.7 Å². The zero-order chi connectivity index (χ0) is 17.9. The first-order valence-corrected chi connectivity index (χ1v) is 9.79. The van der Waals surface area contributed by atoms with Crippen LogP contribution in [0.1, 0.15) is 11.6 Å². The second-order valence-electron chi connectivity index (χ2n) is 6.40. The highest BCUT2D eigenvalue weighted by molar-refractivity contribution is 7.89. The summed E-state index contributed by atoms with van der Waals surface area (Å²) in [6.07, 6.45) is 0. The van der Waals surface area contributed by atoms with Crippen molar-refractivity contribution in [3.05, 3.63) is 78.4 Å². The smallest absolute Gasteiger partial charge is 0.240 e. The van der Waals surface area contributed by atoms with Crippen molar-refractivity contribution in [3.8, 4) is 0 Å². The van der Waals surface area contributed by atoms with Gasteiger partial charge in [-0.2, -0.15) is 0 Å². The number of hydrogen-bond acceptors (Lipinski definition) is 2. The number of benzene rings is 3. The SMILES string of the molecule is C[NH+](C)[C@H](CNS(=O)(=O)c1ccc2ccccc2c1)c1ccccc1. The molecule has 0 saturated carbocycles. The van der Waals surface area contributed by atoms with Gasteiger partial charge < -0.3 is 4.90 Å². The molecule has 2 N–H and O–H groups in total. The Kier molecular flexibility index (Phi) is 5.18. The Hall–Kier alpha value is -2.21. The van der Waals surface area contributed by atoms with Crippen molar-refractivity contribution in [2.24, 2.45) is 0 Å².